The van der Waals surface area contributed by atoms with Crippen LogP contribution >= 0.6 is 38.6 Å². The van der Waals surface area contributed by atoms with E-state index in [2.05, 4.69) is 41.4 Å². The van der Waals surface area contributed by atoms with Crippen LogP contribution in [-0.4, -0.2) is 30.2 Å². The van der Waals surface area contributed by atoms with Gasteiger partial charge in [-0.15, -0.1) is 26.6 Å². The molecule has 0 aliphatic carbocycles. The highest BCUT2D eigenvalue weighted by Crippen LogP contribution is 2.35. The van der Waals surface area contributed by atoms with E-state index in [0.29, 0.717) is 16.6 Å². The van der Waals surface area contributed by atoms with Crippen LogP contribution in [0.5, 0.6) is 0 Å². The van der Waals surface area contributed by atoms with E-state index in [1.165, 1.54) is 22.7 Å². The number of nitrogens with two attached hydrogens (primary N) is 1. The Kier molecular flexibility index (Phi) is 4.79. The summed E-state index contributed by atoms with van der Waals surface area (Å²) < 4.78 is 33.8. The molecule has 1 aromatic carbocycles. The normalized spacial score (nSPS) is 11.7. The van der Waals surface area contributed by atoms with Crippen LogP contribution in [0.3, 0.4) is 0 Å². The largest absolute Gasteiger partial charge is 0.414 e. The molecule has 0 aliphatic rings. The van der Waals surface area contributed by atoms with Crippen LogP contribution < -0.4 is 5.73 Å². The Bertz CT molecular complexity index is 1360. The fraction of sp³-hybridized carbons (Fsp3) is 0.118. The van der Waals surface area contributed by atoms with Gasteiger partial charge < -0.3 is 10.2 Å². The maximum absolute atomic E-state index is 12.7. The Balaban J connectivity index is 1.38. The van der Waals surface area contributed by atoms with Gasteiger partial charge in [-0.2, -0.15) is 8.78 Å². The summed E-state index contributed by atoms with van der Waals surface area (Å²) >= 11 is 6.24. The number of nitrogens with zero attached hydrogens (tertiary/aromatic N) is 6. The minimum absolute atomic E-state index is 0.0543. The number of hydrogen-bond donors (Lipinski definition) is 1. The van der Waals surface area contributed by atoms with E-state index in [1.54, 1.807) is 10.7 Å². The van der Waals surface area contributed by atoms with E-state index < -0.39 is 12.3 Å². The fourth-order valence-corrected chi connectivity index (χ4v) is 5.29. The zero-order valence-electron chi connectivity index (χ0n) is 14.8. The van der Waals surface area contributed by atoms with E-state index in [-0.39, 0.29) is 5.89 Å². The number of hydrogen-bond acceptors (Lipinski definition) is 9. The lowest BCUT2D eigenvalue weighted by Crippen LogP contribution is -1.98. The second-order valence-electron chi connectivity index (χ2n) is 6.16. The highest BCUT2D eigenvalue weighted by molar-refractivity contribution is 9.10. The molecule has 8 nitrogen and oxygen atoms in total. The third-order valence-corrected chi connectivity index (χ3v) is 7.07. The van der Waals surface area contributed by atoms with Gasteiger partial charge in [0.2, 0.25) is 0 Å². The van der Waals surface area contributed by atoms with E-state index in [9.17, 15) is 8.78 Å². The molecule has 0 aliphatic heterocycles. The van der Waals surface area contributed by atoms with Gasteiger partial charge in [-0.3, -0.25) is 0 Å². The molecule has 4 heterocycles. The van der Waals surface area contributed by atoms with Gasteiger partial charge in [0.05, 0.1) is 27.8 Å². The minimum Gasteiger partial charge on any atom is -0.414 e. The molecular formula is C17H10BrF2N7OS2. The Morgan fingerprint density at radius 2 is 2.03 bits per heavy atom. The van der Waals surface area contributed by atoms with Crippen molar-refractivity contribution >= 4 is 54.0 Å². The van der Waals surface area contributed by atoms with Crippen LogP contribution in [-0.2, 0) is 6.54 Å². The number of aromatic nitrogens is 6. The molecule has 0 fully saturated rings. The van der Waals surface area contributed by atoms with Gasteiger partial charge in [0.1, 0.15) is 5.69 Å². The fourth-order valence-electron chi connectivity index (χ4n) is 2.80. The first-order chi connectivity index (χ1) is 14.5. The van der Waals surface area contributed by atoms with Gasteiger partial charge >= 0.3 is 6.43 Å². The molecule has 30 heavy (non-hydrogen) atoms. The van der Waals surface area contributed by atoms with Crippen LogP contribution in [0.15, 0.2) is 39.4 Å². The summed E-state index contributed by atoms with van der Waals surface area (Å²) in [7, 11) is 0. The van der Waals surface area contributed by atoms with Gasteiger partial charge in [-0.05, 0) is 34.1 Å². The number of thiazole rings is 1. The van der Waals surface area contributed by atoms with Gasteiger partial charge in [0.15, 0.2) is 5.13 Å². The first-order valence-corrected chi connectivity index (χ1v) is 10.9. The monoisotopic (exact) mass is 509 g/mol. The molecule has 5 rings (SSSR count). The Morgan fingerprint density at radius 1 is 1.17 bits per heavy atom. The molecule has 4 aromatic heterocycles. The van der Waals surface area contributed by atoms with E-state index >= 15 is 0 Å². The molecule has 5 aromatic rings. The lowest BCUT2D eigenvalue weighted by molar-refractivity contribution is 0.116. The number of benzene rings is 1. The van der Waals surface area contributed by atoms with Crippen molar-refractivity contribution in [1.29, 1.82) is 0 Å². The van der Waals surface area contributed by atoms with Crippen LogP contribution in [0, 0.1) is 0 Å². The molecule has 0 atom stereocenters. The zero-order chi connectivity index (χ0) is 20.8. The van der Waals surface area contributed by atoms with E-state index in [4.69, 9.17) is 10.2 Å². The standard InChI is InChI=1S/C17H10BrF2N7OS2/c18-8-4-12(15-24-25-16(28-15)14(19)20)29-13(8)6-27-5-10(23-26-27)7-1-2-9-11(3-7)30-17(21)22-9/h1-5,14H,6H2,(H2,21,22). The lowest BCUT2D eigenvalue weighted by atomic mass is 10.1. The number of anilines is 1. The third-order valence-electron chi connectivity index (χ3n) is 4.14. The van der Waals surface area contributed by atoms with Crippen molar-refractivity contribution in [3.05, 3.63) is 45.7 Å². The van der Waals surface area contributed by atoms with Crippen molar-refractivity contribution in [2.24, 2.45) is 0 Å². The SMILES string of the molecule is Nc1nc2ccc(-c3cn(Cc4sc(-c5nnc(C(F)F)o5)cc4Br)nn3)cc2s1. The molecule has 0 saturated carbocycles. The summed E-state index contributed by atoms with van der Waals surface area (Å²) in [6, 6.07) is 7.55. The number of fused-ring (bicyclic) bond motifs is 1. The second kappa shape index (κ2) is 7.49. The third kappa shape index (κ3) is 3.59. The number of thiophene rings is 1. The van der Waals surface area contributed by atoms with Crippen molar-refractivity contribution in [3.63, 3.8) is 0 Å². The van der Waals surface area contributed by atoms with Gasteiger partial charge in [0.25, 0.3) is 11.8 Å². The summed E-state index contributed by atoms with van der Waals surface area (Å²) in [6.07, 6.45) is -0.970. The smallest absolute Gasteiger partial charge is 0.314 e. The molecule has 13 heteroatoms. The highest BCUT2D eigenvalue weighted by atomic mass is 79.9. The lowest BCUT2D eigenvalue weighted by Gasteiger charge is -1.98. The molecule has 2 N–H and O–H groups in total. The summed E-state index contributed by atoms with van der Waals surface area (Å²) in [5, 5.41) is 16.0. The van der Waals surface area contributed by atoms with E-state index in [1.807, 2.05) is 24.4 Å². The van der Waals surface area contributed by atoms with Crippen LogP contribution in [0.4, 0.5) is 13.9 Å². The first kappa shape index (κ1) is 19.2. The predicted octanol–water partition coefficient (Wildman–Crippen LogP) is 5.00. The topological polar surface area (TPSA) is 109 Å². The average Bonchev–Trinajstić information content (AvgIpc) is 3.47. The molecule has 0 unspecified atom stereocenters. The molecule has 0 bridgehead atoms. The number of halogens is 3. The summed E-state index contributed by atoms with van der Waals surface area (Å²) in [4.78, 5) is 5.74. The second-order valence-corrected chi connectivity index (χ2v) is 9.22. The van der Waals surface area contributed by atoms with Crippen molar-refractivity contribution in [2.75, 3.05) is 5.73 Å². The first-order valence-electron chi connectivity index (χ1n) is 8.43. The van der Waals surface area contributed by atoms with Gasteiger partial charge in [-0.25, -0.2) is 9.67 Å². The molecule has 0 saturated heterocycles. The minimum atomic E-state index is -2.80. The van der Waals surface area contributed by atoms with Crippen LogP contribution in [0.25, 0.3) is 32.2 Å². The molecule has 152 valence electrons. The van der Waals surface area contributed by atoms with E-state index in [0.717, 1.165) is 30.8 Å². The molecule has 0 amide bonds. The van der Waals surface area contributed by atoms with Crippen molar-refractivity contribution in [3.8, 4) is 22.0 Å². The predicted molar refractivity (Wildman–Crippen MR) is 112 cm³/mol. The number of nitrogen functional groups attached to an aromatic ring is 1. The molecular weight excluding hydrogens is 500 g/mol. The molecule has 0 spiro atoms. The maximum Gasteiger partial charge on any atom is 0.314 e. The van der Waals surface area contributed by atoms with Gasteiger partial charge in [-0.1, -0.05) is 22.6 Å². The Hall–Kier alpha value is -2.77. The van der Waals surface area contributed by atoms with Gasteiger partial charge in [0, 0.05) is 14.9 Å². The Labute approximate surface area is 183 Å². The number of rotatable bonds is 5. The van der Waals surface area contributed by atoms with Crippen LogP contribution in [0.2, 0.25) is 0 Å². The highest BCUT2D eigenvalue weighted by Gasteiger charge is 2.19. The van der Waals surface area contributed by atoms with Crippen molar-refractivity contribution in [1.82, 2.24) is 30.2 Å². The molecule has 0 radical (unpaired) electrons. The van der Waals surface area contributed by atoms with Crippen molar-refractivity contribution < 1.29 is 13.2 Å². The Morgan fingerprint density at radius 3 is 2.83 bits per heavy atom. The zero-order valence-corrected chi connectivity index (χ0v) is 18.0. The summed E-state index contributed by atoms with van der Waals surface area (Å²) in [5.41, 5.74) is 8.24. The quantitative estimate of drug-likeness (QED) is 0.355. The summed E-state index contributed by atoms with van der Waals surface area (Å²) in [5.74, 6) is -0.643. The maximum atomic E-state index is 12.7. The van der Waals surface area contributed by atoms with Crippen LogP contribution in [0.1, 0.15) is 17.2 Å². The average molecular weight is 510 g/mol. The van der Waals surface area contributed by atoms with Crippen molar-refractivity contribution in [2.45, 2.75) is 13.0 Å². The summed E-state index contributed by atoms with van der Waals surface area (Å²) in [6.45, 7) is 0.434. The number of alkyl halides is 2.